The molecule has 2 aromatic rings. The van der Waals surface area contributed by atoms with Crippen LogP contribution in [0.5, 0.6) is 0 Å². The highest BCUT2D eigenvalue weighted by Crippen LogP contribution is 2.14. The van der Waals surface area contributed by atoms with Gasteiger partial charge in [-0.2, -0.15) is 0 Å². The number of anilines is 2. The van der Waals surface area contributed by atoms with Crippen LogP contribution >= 0.6 is 0 Å². The molecule has 0 unspecified atom stereocenters. The standard InChI is InChI=1S/C18H17FN2O4/c1-11(17(23)21-16-6-4-3-5-15(16)19)25-18(24)13-7-9-14(10-8-13)20-12(2)22/h3-11H,1-2H3,(H,20,22)(H,21,23)/t11-/m0/s1. The molecule has 2 aromatic carbocycles. The van der Waals surface area contributed by atoms with E-state index in [-0.39, 0.29) is 17.2 Å². The molecular weight excluding hydrogens is 327 g/mol. The van der Waals surface area contributed by atoms with Gasteiger partial charge in [0.2, 0.25) is 5.91 Å². The normalized spacial score (nSPS) is 11.3. The highest BCUT2D eigenvalue weighted by atomic mass is 19.1. The summed E-state index contributed by atoms with van der Waals surface area (Å²) in [6.45, 7) is 2.76. The summed E-state index contributed by atoms with van der Waals surface area (Å²) in [5, 5.41) is 4.93. The third kappa shape index (κ3) is 5.13. The fourth-order valence-electron chi connectivity index (χ4n) is 1.97. The summed E-state index contributed by atoms with van der Waals surface area (Å²) >= 11 is 0. The molecule has 0 aliphatic rings. The molecule has 25 heavy (non-hydrogen) atoms. The van der Waals surface area contributed by atoms with Gasteiger partial charge >= 0.3 is 5.97 Å². The molecule has 0 aliphatic carbocycles. The zero-order valence-electron chi connectivity index (χ0n) is 13.7. The zero-order valence-corrected chi connectivity index (χ0v) is 13.7. The molecule has 0 saturated heterocycles. The van der Waals surface area contributed by atoms with E-state index in [9.17, 15) is 18.8 Å². The topological polar surface area (TPSA) is 84.5 Å². The molecule has 0 bridgehead atoms. The van der Waals surface area contributed by atoms with Crippen LogP contribution in [0.4, 0.5) is 15.8 Å². The number of hydrogen-bond donors (Lipinski definition) is 2. The second-order valence-electron chi connectivity index (χ2n) is 5.28. The molecule has 0 aliphatic heterocycles. The van der Waals surface area contributed by atoms with Gasteiger partial charge in [0.05, 0.1) is 11.3 Å². The lowest BCUT2D eigenvalue weighted by Crippen LogP contribution is -2.30. The summed E-state index contributed by atoms with van der Waals surface area (Å²) in [7, 11) is 0. The van der Waals surface area contributed by atoms with Gasteiger partial charge in [-0.1, -0.05) is 12.1 Å². The minimum Gasteiger partial charge on any atom is -0.449 e. The molecule has 0 radical (unpaired) electrons. The number of esters is 1. The lowest BCUT2D eigenvalue weighted by molar-refractivity contribution is -0.123. The Bertz CT molecular complexity index is 790. The van der Waals surface area contributed by atoms with Crippen LogP contribution in [0.1, 0.15) is 24.2 Å². The minimum atomic E-state index is -1.11. The number of carbonyl (C=O) groups excluding carboxylic acids is 3. The van der Waals surface area contributed by atoms with Crippen molar-refractivity contribution >= 4 is 29.2 Å². The maximum atomic E-state index is 13.5. The third-order valence-corrected chi connectivity index (χ3v) is 3.23. The van der Waals surface area contributed by atoms with Gasteiger partial charge in [0, 0.05) is 12.6 Å². The number of nitrogens with one attached hydrogen (secondary N) is 2. The quantitative estimate of drug-likeness (QED) is 0.817. The van der Waals surface area contributed by atoms with Crippen molar-refractivity contribution in [3.63, 3.8) is 0 Å². The van der Waals surface area contributed by atoms with Crippen molar-refractivity contribution in [2.45, 2.75) is 20.0 Å². The molecule has 0 aromatic heterocycles. The second-order valence-corrected chi connectivity index (χ2v) is 5.28. The summed E-state index contributed by atoms with van der Waals surface area (Å²) in [6.07, 6.45) is -1.11. The van der Waals surface area contributed by atoms with Gasteiger partial charge in [0.15, 0.2) is 6.10 Å². The number of ether oxygens (including phenoxy) is 1. The van der Waals surface area contributed by atoms with E-state index in [1.54, 1.807) is 18.2 Å². The van der Waals surface area contributed by atoms with Crippen molar-refractivity contribution in [1.29, 1.82) is 0 Å². The second kappa shape index (κ2) is 8.05. The van der Waals surface area contributed by atoms with Crippen LogP contribution in [-0.4, -0.2) is 23.9 Å². The van der Waals surface area contributed by atoms with E-state index in [1.807, 2.05) is 0 Å². The van der Waals surface area contributed by atoms with E-state index in [0.717, 1.165) is 0 Å². The third-order valence-electron chi connectivity index (χ3n) is 3.23. The monoisotopic (exact) mass is 344 g/mol. The van der Waals surface area contributed by atoms with Crippen molar-refractivity contribution in [3.05, 3.63) is 59.9 Å². The van der Waals surface area contributed by atoms with Crippen LogP contribution in [0.25, 0.3) is 0 Å². The van der Waals surface area contributed by atoms with Gasteiger partial charge in [0.1, 0.15) is 5.82 Å². The van der Waals surface area contributed by atoms with Crippen LogP contribution in [0, 0.1) is 5.82 Å². The number of para-hydroxylation sites is 1. The molecule has 0 saturated carbocycles. The first-order valence-electron chi connectivity index (χ1n) is 7.51. The summed E-state index contributed by atoms with van der Waals surface area (Å²) in [4.78, 5) is 35.0. The summed E-state index contributed by atoms with van der Waals surface area (Å²) in [5.74, 6) is -2.16. The molecule has 2 amide bonds. The lowest BCUT2D eigenvalue weighted by Gasteiger charge is -2.14. The molecule has 7 heteroatoms. The molecule has 0 heterocycles. The average molecular weight is 344 g/mol. The molecule has 0 spiro atoms. The highest BCUT2D eigenvalue weighted by molar-refractivity contribution is 5.97. The van der Waals surface area contributed by atoms with Crippen molar-refractivity contribution in [3.8, 4) is 0 Å². The van der Waals surface area contributed by atoms with Crippen LogP contribution in [0.3, 0.4) is 0 Å². The van der Waals surface area contributed by atoms with Crippen LogP contribution in [-0.2, 0) is 14.3 Å². The smallest absolute Gasteiger partial charge is 0.338 e. The predicted octanol–water partition coefficient (Wildman–Crippen LogP) is 2.97. The number of benzene rings is 2. The Hall–Kier alpha value is -3.22. The van der Waals surface area contributed by atoms with E-state index in [1.165, 1.54) is 44.2 Å². The summed E-state index contributed by atoms with van der Waals surface area (Å²) in [6, 6.07) is 11.7. The molecular formula is C18H17FN2O4. The first kappa shape index (κ1) is 18.1. The van der Waals surface area contributed by atoms with Gasteiger partial charge in [-0.15, -0.1) is 0 Å². The number of carbonyl (C=O) groups is 3. The van der Waals surface area contributed by atoms with E-state index in [0.29, 0.717) is 5.69 Å². The Morgan fingerprint density at radius 1 is 1.00 bits per heavy atom. The molecule has 130 valence electrons. The van der Waals surface area contributed by atoms with E-state index >= 15 is 0 Å². The van der Waals surface area contributed by atoms with Crippen molar-refractivity contribution in [1.82, 2.24) is 0 Å². The van der Waals surface area contributed by atoms with Gasteiger partial charge in [-0.3, -0.25) is 9.59 Å². The summed E-state index contributed by atoms with van der Waals surface area (Å²) < 4.78 is 18.6. The molecule has 2 N–H and O–H groups in total. The highest BCUT2D eigenvalue weighted by Gasteiger charge is 2.20. The summed E-state index contributed by atoms with van der Waals surface area (Å²) in [5.41, 5.74) is 0.768. The Morgan fingerprint density at radius 3 is 2.24 bits per heavy atom. The van der Waals surface area contributed by atoms with Crippen molar-refractivity contribution in [2.75, 3.05) is 10.6 Å². The molecule has 1 atom stereocenters. The first-order valence-corrected chi connectivity index (χ1v) is 7.51. The Morgan fingerprint density at radius 2 is 1.64 bits per heavy atom. The Labute approximate surface area is 144 Å². The number of rotatable bonds is 5. The zero-order chi connectivity index (χ0) is 18.4. The Kier molecular flexibility index (Phi) is 5.84. The number of halogens is 1. The molecule has 6 nitrogen and oxygen atoms in total. The fourth-order valence-corrected chi connectivity index (χ4v) is 1.97. The van der Waals surface area contributed by atoms with E-state index in [2.05, 4.69) is 10.6 Å². The van der Waals surface area contributed by atoms with E-state index < -0.39 is 23.8 Å². The minimum absolute atomic E-state index is 0.00931. The van der Waals surface area contributed by atoms with Gasteiger partial charge < -0.3 is 15.4 Å². The van der Waals surface area contributed by atoms with Crippen LogP contribution < -0.4 is 10.6 Å². The maximum absolute atomic E-state index is 13.5. The Balaban J connectivity index is 1.96. The maximum Gasteiger partial charge on any atom is 0.338 e. The predicted molar refractivity (Wildman–Crippen MR) is 90.7 cm³/mol. The van der Waals surface area contributed by atoms with Crippen molar-refractivity contribution in [2.24, 2.45) is 0 Å². The number of amides is 2. The average Bonchev–Trinajstić information content (AvgIpc) is 2.56. The first-order chi connectivity index (χ1) is 11.9. The van der Waals surface area contributed by atoms with Gasteiger partial charge in [-0.05, 0) is 43.3 Å². The molecule has 0 fully saturated rings. The van der Waals surface area contributed by atoms with E-state index in [4.69, 9.17) is 4.74 Å². The largest absolute Gasteiger partial charge is 0.449 e. The van der Waals surface area contributed by atoms with Gasteiger partial charge in [0.25, 0.3) is 5.91 Å². The lowest BCUT2D eigenvalue weighted by atomic mass is 10.2. The fraction of sp³-hybridized carbons (Fsp3) is 0.167. The van der Waals surface area contributed by atoms with Gasteiger partial charge in [-0.25, -0.2) is 9.18 Å². The number of hydrogen-bond acceptors (Lipinski definition) is 4. The van der Waals surface area contributed by atoms with Crippen molar-refractivity contribution < 1.29 is 23.5 Å². The SMILES string of the molecule is CC(=O)Nc1ccc(C(=O)O[C@@H](C)C(=O)Nc2ccccc2F)cc1. The van der Waals surface area contributed by atoms with Crippen LogP contribution in [0.2, 0.25) is 0 Å². The van der Waals surface area contributed by atoms with Crippen LogP contribution in [0.15, 0.2) is 48.5 Å². The molecule has 2 rings (SSSR count).